The summed E-state index contributed by atoms with van der Waals surface area (Å²) in [5.41, 5.74) is 0. The van der Waals surface area contributed by atoms with Gasteiger partial charge >= 0.3 is 0 Å². The maximum Gasteiger partial charge on any atom is 0.146 e. The summed E-state index contributed by atoms with van der Waals surface area (Å²) < 4.78 is 10.1. The van der Waals surface area contributed by atoms with E-state index in [1.54, 1.807) is 0 Å². The minimum absolute atomic E-state index is 0.125. The van der Waals surface area contributed by atoms with Gasteiger partial charge in [0.2, 0.25) is 0 Å². The summed E-state index contributed by atoms with van der Waals surface area (Å²) in [6.45, 7) is 2.00. The zero-order valence-electron chi connectivity index (χ0n) is 7.37. The van der Waals surface area contributed by atoms with Crippen LogP contribution in [0.5, 0.6) is 0 Å². The largest absolute Gasteiger partial charge is 0.394 e. The smallest absolute Gasteiger partial charge is 0.146 e. The molecule has 1 aliphatic rings. The van der Waals surface area contributed by atoms with Gasteiger partial charge in [-0.3, -0.25) is 0 Å². The first-order valence-electron chi connectivity index (χ1n) is 4.29. The second-order valence-corrected chi connectivity index (χ2v) is 2.44. The molecule has 0 aromatic heterocycles. The summed E-state index contributed by atoms with van der Waals surface area (Å²) in [5, 5.41) is 15.2. The van der Waals surface area contributed by atoms with E-state index in [4.69, 9.17) is 19.7 Å². The van der Waals surface area contributed by atoms with Crippen LogP contribution in [-0.2, 0) is 9.47 Å². The first-order valence-corrected chi connectivity index (χ1v) is 4.29. The lowest BCUT2D eigenvalue weighted by Gasteiger charge is -2.08. The van der Waals surface area contributed by atoms with E-state index in [-0.39, 0.29) is 13.2 Å². The number of aliphatic hydroxyl groups is 2. The van der Waals surface area contributed by atoms with E-state index < -0.39 is 0 Å². The van der Waals surface area contributed by atoms with Crippen LogP contribution in [0.15, 0.2) is 0 Å². The van der Waals surface area contributed by atoms with Crippen LogP contribution in [0.3, 0.4) is 0 Å². The normalized spacial score (nSPS) is 18.5. The van der Waals surface area contributed by atoms with Crippen LogP contribution in [-0.4, -0.2) is 43.4 Å². The number of aliphatic hydroxyl groups excluding tert-OH is 2. The van der Waals surface area contributed by atoms with Gasteiger partial charge in [0.1, 0.15) is 6.79 Å². The molecule has 0 aliphatic carbocycles. The van der Waals surface area contributed by atoms with Gasteiger partial charge in [-0.05, 0) is 19.3 Å². The number of ether oxygens (including phenoxy) is 2. The Morgan fingerprint density at radius 3 is 1.75 bits per heavy atom. The van der Waals surface area contributed by atoms with E-state index in [9.17, 15) is 0 Å². The molecule has 1 rings (SSSR count). The number of hydrogen-bond acceptors (Lipinski definition) is 4. The van der Waals surface area contributed by atoms with Crippen molar-refractivity contribution in [2.24, 2.45) is 0 Å². The average Bonchev–Trinajstić information content (AvgIpc) is 2.04. The van der Waals surface area contributed by atoms with E-state index in [0.717, 1.165) is 13.2 Å². The minimum Gasteiger partial charge on any atom is -0.394 e. The van der Waals surface area contributed by atoms with E-state index in [1.165, 1.54) is 19.3 Å². The zero-order chi connectivity index (χ0) is 9.07. The van der Waals surface area contributed by atoms with Crippen LogP contribution >= 0.6 is 0 Å². The molecule has 1 heterocycles. The Morgan fingerprint density at radius 1 is 0.833 bits per heavy atom. The molecule has 0 radical (unpaired) electrons. The molecule has 0 amide bonds. The average molecular weight is 178 g/mol. The third-order valence-electron chi connectivity index (χ3n) is 1.34. The van der Waals surface area contributed by atoms with E-state index in [1.807, 2.05) is 0 Å². The molecule has 4 heteroatoms. The molecule has 0 unspecified atom stereocenters. The summed E-state index contributed by atoms with van der Waals surface area (Å²) in [5.74, 6) is 0. The lowest BCUT2D eigenvalue weighted by atomic mass is 10.2. The maximum absolute atomic E-state index is 7.62. The van der Waals surface area contributed by atoms with Crippen LogP contribution in [0, 0.1) is 0 Å². The maximum atomic E-state index is 7.62. The van der Waals surface area contributed by atoms with Gasteiger partial charge in [0, 0.05) is 13.2 Å². The van der Waals surface area contributed by atoms with E-state index in [0.29, 0.717) is 6.79 Å². The summed E-state index contributed by atoms with van der Waals surface area (Å²) in [6, 6.07) is 0. The number of rotatable bonds is 1. The third-order valence-corrected chi connectivity index (χ3v) is 1.34. The SMILES string of the molecule is C1CCOCOCC1.OCCO. The standard InChI is InChI=1S/C6H12O2.C2H6O2/c1-2-4-7-6-8-5-3-1;3-1-2-4/h1-6H2;3-4H,1-2H2. The molecule has 1 saturated heterocycles. The van der Waals surface area contributed by atoms with Crippen molar-refractivity contribution in [1.82, 2.24) is 0 Å². The van der Waals surface area contributed by atoms with Crippen molar-refractivity contribution in [2.45, 2.75) is 19.3 Å². The van der Waals surface area contributed by atoms with Gasteiger partial charge in [-0.25, -0.2) is 0 Å². The van der Waals surface area contributed by atoms with E-state index in [2.05, 4.69) is 0 Å². The molecule has 74 valence electrons. The molecule has 0 saturated carbocycles. The molecule has 0 bridgehead atoms. The first-order chi connectivity index (χ1) is 5.91. The molecule has 0 spiro atoms. The fourth-order valence-electron chi connectivity index (χ4n) is 0.762. The Hall–Kier alpha value is -0.160. The summed E-state index contributed by atoms with van der Waals surface area (Å²) in [4.78, 5) is 0. The van der Waals surface area contributed by atoms with Gasteiger partial charge < -0.3 is 19.7 Å². The van der Waals surface area contributed by atoms with Crippen molar-refractivity contribution in [1.29, 1.82) is 0 Å². The lowest BCUT2D eigenvalue weighted by molar-refractivity contribution is -0.0657. The second-order valence-electron chi connectivity index (χ2n) is 2.44. The van der Waals surface area contributed by atoms with Crippen LogP contribution in [0.2, 0.25) is 0 Å². The predicted octanol–water partition coefficient (Wildman–Crippen LogP) is 0.132. The molecular weight excluding hydrogens is 160 g/mol. The zero-order valence-corrected chi connectivity index (χ0v) is 7.37. The third kappa shape index (κ3) is 9.84. The monoisotopic (exact) mass is 178 g/mol. The highest BCUT2D eigenvalue weighted by Gasteiger charge is 1.94. The molecule has 12 heavy (non-hydrogen) atoms. The summed E-state index contributed by atoms with van der Waals surface area (Å²) >= 11 is 0. The van der Waals surface area contributed by atoms with Gasteiger partial charge in [-0.1, -0.05) is 0 Å². The Labute approximate surface area is 73.1 Å². The Kier molecular flexibility index (Phi) is 10.7. The molecule has 0 atom stereocenters. The molecular formula is C8H18O4. The van der Waals surface area contributed by atoms with Crippen molar-refractivity contribution in [2.75, 3.05) is 33.2 Å². The quantitative estimate of drug-likeness (QED) is 0.599. The van der Waals surface area contributed by atoms with Gasteiger partial charge in [0.05, 0.1) is 13.2 Å². The van der Waals surface area contributed by atoms with Crippen LogP contribution in [0.25, 0.3) is 0 Å². The molecule has 0 aromatic carbocycles. The molecule has 4 nitrogen and oxygen atoms in total. The Morgan fingerprint density at radius 2 is 1.33 bits per heavy atom. The van der Waals surface area contributed by atoms with Gasteiger partial charge in [-0.15, -0.1) is 0 Å². The Balaban J connectivity index is 0.000000261. The molecule has 1 fully saturated rings. The topological polar surface area (TPSA) is 58.9 Å². The molecule has 2 N–H and O–H groups in total. The van der Waals surface area contributed by atoms with Crippen molar-refractivity contribution < 1.29 is 19.7 Å². The molecule has 0 aromatic rings. The second kappa shape index (κ2) is 10.8. The van der Waals surface area contributed by atoms with Crippen molar-refractivity contribution in [3.63, 3.8) is 0 Å². The fourth-order valence-corrected chi connectivity index (χ4v) is 0.762. The van der Waals surface area contributed by atoms with Gasteiger partial charge in [0.25, 0.3) is 0 Å². The predicted molar refractivity (Wildman–Crippen MR) is 44.8 cm³/mol. The highest BCUT2D eigenvalue weighted by atomic mass is 16.7. The minimum atomic E-state index is -0.125. The van der Waals surface area contributed by atoms with Crippen molar-refractivity contribution in [3.8, 4) is 0 Å². The first kappa shape index (κ1) is 11.8. The summed E-state index contributed by atoms with van der Waals surface area (Å²) in [7, 11) is 0. The Bertz CT molecular complexity index is 51.5. The molecule has 1 aliphatic heterocycles. The van der Waals surface area contributed by atoms with Crippen LogP contribution < -0.4 is 0 Å². The highest BCUT2D eigenvalue weighted by Crippen LogP contribution is 1.99. The number of hydrogen-bond donors (Lipinski definition) is 2. The fraction of sp³-hybridized carbons (Fsp3) is 1.00. The lowest BCUT2D eigenvalue weighted by Crippen LogP contribution is -2.06. The van der Waals surface area contributed by atoms with Crippen LogP contribution in [0.1, 0.15) is 19.3 Å². The van der Waals surface area contributed by atoms with Crippen molar-refractivity contribution in [3.05, 3.63) is 0 Å². The van der Waals surface area contributed by atoms with Gasteiger partial charge in [-0.2, -0.15) is 0 Å². The van der Waals surface area contributed by atoms with Crippen molar-refractivity contribution >= 4 is 0 Å². The van der Waals surface area contributed by atoms with Crippen LogP contribution in [0.4, 0.5) is 0 Å². The van der Waals surface area contributed by atoms with Gasteiger partial charge in [0.15, 0.2) is 0 Å². The highest BCUT2D eigenvalue weighted by molar-refractivity contribution is 4.41. The summed E-state index contributed by atoms with van der Waals surface area (Å²) in [6.07, 6.45) is 3.65. The van der Waals surface area contributed by atoms with E-state index >= 15 is 0 Å².